The zero-order chi connectivity index (χ0) is 16.0. The highest BCUT2D eigenvalue weighted by Crippen LogP contribution is 2.31. The molecule has 3 heterocycles. The second kappa shape index (κ2) is 5.64. The minimum atomic E-state index is -0.217. The van der Waals surface area contributed by atoms with Crippen LogP contribution in [0.4, 0.5) is 4.39 Å². The van der Waals surface area contributed by atoms with Gasteiger partial charge in [0.15, 0.2) is 0 Å². The number of hydrogen-bond acceptors (Lipinski definition) is 2. The van der Waals surface area contributed by atoms with Gasteiger partial charge in [-0.25, -0.2) is 4.39 Å². The minimum Gasteiger partial charge on any atom is -0.352 e. The molecule has 2 aliphatic rings. The fourth-order valence-corrected chi connectivity index (χ4v) is 4.11. The summed E-state index contributed by atoms with van der Waals surface area (Å²) in [4.78, 5) is 12.4. The highest BCUT2D eigenvalue weighted by atomic mass is 19.1. The van der Waals surface area contributed by atoms with Crippen molar-refractivity contribution in [2.45, 2.75) is 44.3 Å². The zero-order valence-electron chi connectivity index (χ0n) is 13.3. The summed E-state index contributed by atoms with van der Waals surface area (Å²) in [6, 6.07) is 6.72. The molecule has 1 aromatic heterocycles. The molecule has 2 saturated heterocycles. The predicted molar refractivity (Wildman–Crippen MR) is 87.4 cm³/mol. The molecule has 1 aromatic carbocycles. The van der Waals surface area contributed by atoms with Gasteiger partial charge in [0.25, 0.3) is 0 Å². The lowest BCUT2D eigenvalue weighted by atomic mass is 9.91. The van der Waals surface area contributed by atoms with Crippen LogP contribution in [0.5, 0.6) is 0 Å². The standard InChI is InChI=1S/C18H22FN3O/c1-22-10-16(19)15-6-11(2-5-17(15)22)9-20-18(23)12-7-13-3-4-14(8-12)21-13/h2,5-6,10,12-14,21H,3-4,7-9H2,1H3,(H,20,23)/t12?,13-,14+. The normalized spacial score (nSPS) is 26.6. The van der Waals surface area contributed by atoms with Crippen molar-refractivity contribution in [3.63, 3.8) is 0 Å². The van der Waals surface area contributed by atoms with Crippen molar-refractivity contribution in [1.29, 1.82) is 0 Å². The van der Waals surface area contributed by atoms with Gasteiger partial charge in [0.05, 0.1) is 5.52 Å². The predicted octanol–water partition coefficient (Wildman–Crippen LogP) is 2.46. The van der Waals surface area contributed by atoms with E-state index >= 15 is 0 Å². The van der Waals surface area contributed by atoms with E-state index in [1.165, 1.54) is 19.0 Å². The van der Waals surface area contributed by atoms with Crippen LogP contribution in [-0.4, -0.2) is 22.6 Å². The van der Waals surface area contributed by atoms with Crippen molar-refractivity contribution >= 4 is 16.8 Å². The third kappa shape index (κ3) is 2.74. The van der Waals surface area contributed by atoms with Gasteiger partial charge in [-0.15, -0.1) is 0 Å². The topological polar surface area (TPSA) is 46.1 Å². The third-order valence-electron chi connectivity index (χ3n) is 5.32. The molecule has 2 bridgehead atoms. The number of carbonyl (C=O) groups excluding carboxylic acids is 1. The van der Waals surface area contributed by atoms with Crippen molar-refractivity contribution in [1.82, 2.24) is 15.2 Å². The summed E-state index contributed by atoms with van der Waals surface area (Å²) in [5.41, 5.74) is 1.81. The van der Waals surface area contributed by atoms with E-state index < -0.39 is 0 Å². The minimum absolute atomic E-state index is 0.117. The quantitative estimate of drug-likeness (QED) is 0.914. The Labute approximate surface area is 135 Å². The number of nitrogens with one attached hydrogen (secondary N) is 2. The molecule has 0 spiro atoms. The molecule has 0 saturated carbocycles. The summed E-state index contributed by atoms with van der Waals surface area (Å²) in [5.74, 6) is 0.0357. The van der Waals surface area contributed by atoms with E-state index in [1.54, 1.807) is 4.57 Å². The SMILES string of the molecule is Cn1cc(F)c2cc(CNC(=O)C3C[C@H]4CC[C@@H](C3)N4)ccc21. The van der Waals surface area contributed by atoms with Gasteiger partial charge in [-0.2, -0.15) is 0 Å². The van der Waals surface area contributed by atoms with Gasteiger partial charge in [0, 0.05) is 43.2 Å². The van der Waals surface area contributed by atoms with E-state index in [-0.39, 0.29) is 17.6 Å². The van der Waals surface area contributed by atoms with Crippen LogP contribution in [0.2, 0.25) is 0 Å². The summed E-state index contributed by atoms with van der Waals surface area (Å²) in [6.45, 7) is 0.461. The molecule has 3 atom stereocenters. The largest absolute Gasteiger partial charge is 0.352 e. The molecular formula is C18H22FN3O. The highest BCUT2D eigenvalue weighted by molar-refractivity contribution is 5.82. The van der Waals surface area contributed by atoms with Gasteiger partial charge < -0.3 is 15.2 Å². The first-order valence-corrected chi connectivity index (χ1v) is 8.37. The molecule has 0 aliphatic carbocycles. The number of amides is 1. The Hall–Kier alpha value is -1.88. The van der Waals surface area contributed by atoms with Gasteiger partial charge in [0.2, 0.25) is 5.91 Å². The van der Waals surface area contributed by atoms with Crippen molar-refractivity contribution < 1.29 is 9.18 Å². The van der Waals surface area contributed by atoms with Crippen LogP contribution in [0.15, 0.2) is 24.4 Å². The maximum absolute atomic E-state index is 13.9. The van der Waals surface area contributed by atoms with E-state index in [2.05, 4.69) is 10.6 Å². The van der Waals surface area contributed by atoms with Crippen molar-refractivity contribution in [3.05, 3.63) is 35.8 Å². The molecule has 2 aromatic rings. The lowest BCUT2D eigenvalue weighted by Crippen LogP contribution is -2.43. The monoisotopic (exact) mass is 315 g/mol. The van der Waals surface area contributed by atoms with E-state index in [0.717, 1.165) is 23.9 Å². The van der Waals surface area contributed by atoms with Gasteiger partial charge in [-0.1, -0.05) is 6.07 Å². The van der Waals surface area contributed by atoms with Crippen LogP contribution in [0.1, 0.15) is 31.2 Å². The second-order valence-electron chi connectivity index (χ2n) is 6.96. The summed E-state index contributed by atoms with van der Waals surface area (Å²) in [7, 11) is 1.83. The van der Waals surface area contributed by atoms with Crippen LogP contribution < -0.4 is 10.6 Å². The van der Waals surface area contributed by atoms with Crippen molar-refractivity contribution in [2.75, 3.05) is 0 Å². The zero-order valence-corrected chi connectivity index (χ0v) is 13.3. The summed E-state index contributed by atoms with van der Waals surface area (Å²) >= 11 is 0. The van der Waals surface area contributed by atoms with Gasteiger partial charge >= 0.3 is 0 Å². The Morgan fingerprint density at radius 1 is 1.35 bits per heavy atom. The van der Waals surface area contributed by atoms with E-state index in [1.807, 2.05) is 25.2 Å². The number of hydrogen-bond donors (Lipinski definition) is 2. The average Bonchev–Trinajstić information content (AvgIpc) is 3.03. The first-order chi connectivity index (χ1) is 11.1. The maximum atomic E-state index is 13.9. The molecule has 1 amide bonds. The Morgan fingerprint density at radius 3 is 2.83 bits per heavy atom. The van der Waals surface area contributed by atoms with E-state index in [4.69, 9.17) is 0 Å². The molecule has 1 unspecified atom stereocenters. The number of benzene rings is 1. The number of aromatic nitrogens is 1. The number of fused-ring (bicyclic) bond motifs is 3. The van der Waals surface area contributed by atoms with Gasteiger partial charge in [-0.3, -0.25) is 4.79 Å². The Morgan fingerprint density at radius 2 is 2.09 bits per heavy atom. The van der Waals surface area contributed by atoms with E-state index in [0.29, 0.717) is 24.0 Å². The number of piperidine rings is 1. The Bertz CT molecular complexity index is 742. The summed E-state index contributed by atoms with van der Waals surface area (Å²) in [6.07, 6.45) is 5.75. The molecule has 5 heteroatoms. The molecule has 2 aliphatic heterocycles. The van der Waals surface area contributed by atoms with Crippen LogP contribution in [0, 0.1) is 11.7 Å². The molecule has 2 N–H and O–H groups in total. The fraction of sp³-hybridized carbons (Fsp3) is 0.500. The molecule has 122 valence electrons. The van der Waals surface area contributed by atoms with Crippen LogP contribution in [-0.2, 0) is 18.4 Å². The average molecular weight is 315 g/mol. The number of carbonyl (C=O) groups is 1. The molecular weight excluding hydrogens is 293 g/mol. The van der Waals surface area contributed by atoms with Crippen molar-refractivity contribution in [2.24, 2.45) is 13.0 Å². The van der Waals surface area contributed by atoms with Crippen LogP contribution in [0.25, 0.3) is 10.9 Å². The van der Waals surface area contributed by atoms with Crippen LogP contribution >= 0.6 is 0 Å². The second-order valence-corrected chi connectivity index (χ2v) is 6.96. The Balaban J connectivity index is 1.42. The summed E-state index contributed by atoms with van der Waals surface area (Å²) < 4.78 is 15.6. The van der Waals surface area contributed by atoms with E-state index in [9.17, 15) is 9.18 Å². The lowest BCUT2D eigenvalue weighted by molar-refractivity contribution is -0.126. The van der Waals surface area contributed by atoms with Gasteiger partial charge in [-0.05, 0) is 43.4 Å². The first kappa shape index (κ1) is 14.7. The molecule has 23 heavy (non-hydrogen) atoms. The number of rotatable bonds is 3. The molecule has 4 nitrogen and oxygen atoms in total. The Kier molecular flexibility index (Phi) is 3.60. The lowest BCUT2D eigenvalue weighted by Gasteiger charge is -2.28. The third-order valence-corrected chi connectivity index (χ3v) is 5.32. The summed E-state index contributed by atoms with van der Waals surface area (Å²) in [5, 5.41) is 7.20. The molecule has 0 radical (unpaired) electrons. The van der Waals surface area contributed by atoms with Crippen molar-refractivity contribution in [3.8, 4) is 0 Å². The number of nitrogens with zero attached hydrogens (tertiary/aromatic N) is 1. The maximum Gasteiger partial charge on any atom is 0.223 e. The number of aryl methyl sites for hydroxylation is 1. The highest BCUT2D eigenvalue weighted by Gasteiger charge is 2.36. The molecule has 2 fully saturated rings. The number of halogens is 1. The first-order valence-electron chi connectivity index (χ1n) is 8.37. The smallest absolute Gasteiger partial charge is 0.223 e. The fourth-order valence-electron chi connectivity index (χ4n) is 4.11. The van der Waals surface area contributed by atoms with Gasteiger partial charge in [0.1, 0.15) is 5.82 Å². The van der Waals surface area contributed by atoms with Crippen LogP contribution in [0.3, 0.4) is 0 Å². The molecule has 4 rings (SSSR count).